The van der Waals surface area contributed by atoms with Crippen LogP contribution < -0.4 is 0 Å². The van der Waals surface area contributed by atoms with Gasteiger partial charge in [-0.2, -0.15) is 0 Å². The Hall–Kier alpha value is -0.940. The molecule has 1 unspecified atom stereocenters. The third kappa shape index (κ3) is 2.10. The molecule has 0 spiro atoms. The molecule has 0 saturated carbocycles. The standard InChI is InChI=1S/C9H11NO3S/c11-8(12)3-7-4-10-9(14-7)6-1-2-13-5-6/h4,6H,1-3,5H2,(H,11,12). The maximum Gasteiger partial charge on any atom is 0.308 e. The lowest BCUT2D eigenvalue weighted by molar-refractivity contribution is -0.136. The van der Waals surface area contributed by atoms with Crippen LogP contribution in [0.1, 0.15) is 22.2 Å². The second-order valence-electron chi connectivity index (χ2n) is 3.30. The van der Waals surface area contributed by atoms with Crippen LogP contribution in [0.15, 0.2) is 6.20 Å². The van der Waals surface area contributed by atoms with Gasteiger partial charge >= 0.3 is 5.97 Å². The summed E-state index contributed by atoms with van der Waals surface area (Å²) in [5.74, 6) is -0.426. The fourth-order valence-electron chi connectivity index (χ4n) is 1.47. The average Bonchev–Trinajstić information content (AvgIpc) is 2.69. The fraction of sp³-hybridized carbons (Fsp3) is 0.556. The molecule has 1 aliphatic heterocycles. The van der Waals surface area contributed by atoms with Crippen LogP contribution in [0.5, 0.6) is 0 Å². The zero-order chi connectivity index (χ0) is 9.97. The van der Waals surface area contributed by atoms with Gasteiger partial charge in [0.05, 0.1) is 18.0 Å². The van der Waals surface area contributed by atoms with E-state index in [1.807, 2.05) is 0 Å². The van der Waals surface area contributed by atoms with Gasteiger partial charge in [0.1, 0.15) is 0 Å². The summed E-state index contributed by atoms with van der Waals surface area (Å²) in [5, 5.41) is 9.61. The number of hydrogen-bond acceptors (Lipinski definition) is 4. The van der Waals surface area contributed by atoms with Crippen molar-refractivity contribution < 1.29 is 14.6 Å². The summed E-state index contributed by atoms with van der Waals surface area (Å²) in [6.07, 6.45) is 2.73. The Morgan fingerprint density at radius 1 is 1.79 bits per heavy atom. The van der Waals surface area contributed by atoms with Gasteiger partial charge in [0.25, 0.3) is 0 Å². The van der Waals surface area contributed by atoms with Gasteiger partial charge in [-0.15, -0.1) is 11.3 Å². The van der Waals surface area contributed by atoms with E-state index in [9.17, 15) is 4.79 Å². The number of aliphatic carboxylic acids is 1. The average molecular weight is 213 g/mol. The van der Waals surface area contributed by atoms with Gasteiger partial charge in [-0.1, -0.05) is 0 Å². The quantitative estimate of drug-likeness (QED) is 0.821. The van der Waals surface area contributed by atoms with Crippen LogP contribution in [0, 0.1) is 0 Å². The highest BCUT2D eigenvalue weighted by Crippen LogP contribution is 2.28. The highest BCUT2D eigenvalue weighted by Gasteiger charge is 2.21. The zero-order valence-electron chi connectivity index (χ0n) is 7.60. The second-order valence-corrected chi connectivity index (χ2v) is 4.44. The van der Waals surface area contributed by atoms with Crippen LogP contribution >= 0.6 is 11.3 Å². The molecule has 0 aromatic carbocycles. The number of carboxylic acids is 1. The predicted octanol–water partition coefficient (Wildman–Crippen LogP) is 1.27. The normalized spacial score (nSPS) is 21.3. The molecule has 1 aromatic rings. The third-order valence-corrected chi connectivity index (χ3v) is 3.34. The minimum atomic E-state index is -0.803. The Labute approximate surface area is 85.5 Å². The van der Waals surface area contributed by atoms with Gasteiger partial charge in [0.15, 0.2) is 0 Å². The first kappa shape index (κ1) is 9.61. The van der Waals surface area contributed by atoms with Gasteiger partial charge in [0, 0.05) is 23.6 Å². The molecule has 2 heterocycles. The molecular formula is C9H11NO3S. The SMILES string of the molecule is O=C(O)Cc1cnc(C2CCOC2)s1. The van der Waals surface area contributed by atoms with Crippen molar-refractivity contribution in [2.45, 2.75) is 18.8 Å². The molecule has 76 valence electrons. The molecule has 0 amide bonds. The molecule has 1 fully saturated rings. The van der Waals surface area contributed by atoms with Crippen molar-refractivity contribution in [3.8, 4) is 0 Å². The Morgan fingerprint density at radius 2 is 2.64 bits per heavy atom. The monoisotopic (exact) mass is 213 g/mol. The van der Waals surface area contributed by atoms with Gasteiger partial charge in [-0.05, 0) is 6.42 Å². The maximum absolute atomic E-state index is 10.5. The third-order valence-electron chi connectivity index (χ3n) is 2.18. The highest BCUT2D eigenvalue weighted by atomic mass is 32.1. The number of carbonyl (C=O) groups is 1. The molecule has 1 saturated heterocycles. The van der Waals surface area contributed by atoms with Crippen molar-refractivity contribution >= 4 is 17.3 Å². The number of rotatable bonds is 3. The lowest BCUT2D eigenvalue weighted by Gasteiger charge is -2.00. The molecule has 1 aromatic heterocycles. The zero-order valence-corrected chi connectivity index (χ0v) is 8.42. The number of aromatic nitrogens is 1. The molecule has 1 N–H and O–H groups in total. The molecule has 1 aliphatic rings. The summed E-state index contributed by atoms with van der Waals surface area (Å²) >= 11 is 1.49. The number of nitrogens with zero attached hydrogens (tertiary/aromatic N) is 1. The summed E-state index contributed by atoms with van der Waals surface area (Å²) in [7, 11) is 0. The summed E-state index contributed by atoms with van der Waals surface area (Å²) in [6, 6.07) is 0. The number of hydrogen-bond donors (Lipinski definition) is 1. The van der Waals surface area contributed by atoms with Crippen molar-refractivity contribution in [1.29, 1.82) is 0 Å². The van der Waals surface area contributed by atoms with E-state index in [2.05, 4.69) is 4.98 Å². The molecule has 2 rings (SSSR count). The first-order chi connectivity index (χ1) is 6.75. The largest absolute Gasteiger partial charge is 0.481 e. The molecule has 0 radical (unpaired) electrons. The smallest absolute Gasteiger partial charge is 0.308 e. The van der Waals surface area contributed by atoms with Crippen molar-refractivity contribution in [3.63, 3.8) is 0 Å². The summed E-state index contributed by atoms with van der Waals surface area (Å²) in [6.45, 7) is 1.51. The van der Waals surface area contributed by atoms with Crippen LogP contribution in [0.2, 0.25) is 0 Å². The predicted molar refractivity (Wildman–Crippen MR) is 51.6 cm³/mol. The first-order valence-electron chi connectivity index (χ1n) is 4.50. The van der Waals surface area contributed by atoms with E-state index in [0.29, 0.717) is 5.92 Å². The fourth-order valence-corrected chi connectivity index (χ4v) is 2.50. The van der Waals surface area contributed by atoms with E-state index in [4.69, 9.17) is 9.84 Å². The van der Waals surface area contributed by atoms with Crippen molar-refractivity contribution in [2.24, 2.45) is 0 Å². The Morgan fingerprint density at radius 3 is 3.29 bits per heavy atom. The lowest BCUT2D eigenvalue weighted by atomic mass is 10.1. The first-order valence-corrected chi connectivity index (χ1v) is 5.31. The van der Waals surface area contributed by atoms with Gasteiger partial charge < -0.3 is 9.84 Å². The van der Waals surface area contributed by atoms with Crippen LogP contribution in [0.3, 0.4) is 0 Å². The molecule has 0 aliphatic carbocycles. The summed E-state index contributed by atoms with van der Waals surface area (Å²) < 4.78 is 5.25. The molecule has 0 bridgehead atoms. The van der Waals surface area contributed by atoms with Crippen molar-refractivity contribution in [3.05, 3.63) is 16.1 Å². The number of ether oxygens (including phenoxy) is 1. The highest BCUT2D eigenvalue weighted by molar-refractivity contribution is 7.11. The Bertz CT molecular complexity index is 331. The van der Waals surface area contributed by atoms with Crippen LogP contribution in [-0.2, 0) is 16.0 Å². The molecule has 5 heteroatoms. The van der Waals surface area contributed by atoms with E-state index < -0.39 is 5.97 Å². The van der Waals surface area contributed by atoms with Gasteiger partial charge in [-0.25, -0.2) is 4.98 Å². The van der Waals surface area contributed by atoms with Crippen molar-refractivity contribution in [1.82, 2.24) is 4.98 Å². The Balaban J connectivity index is 2.05. The molecule has 1 atom stereocenters. The van der Waals surface area contributed by atoms with E-state index in [1.54, 1.807) is 6.20 Å². The lowest BCUT2D eigenvalue weighted by Crippen LogP contribution is -1.97. The summed E-state index contributed by atoms with van der Waals surface area (Å²) in [5.41, 5.74) is 0. The minimum absolute atomic E-state index is 0.0746. The van der Waals surface area contributed by atoms with Gasteiger partial charge in [-0.3, -0.25) is 4.79 Å². The van der Waals surface area contributed by atoms with E-state index in [0.717, 1.165) is 29.5 Å². The van der Waals surface area contributed by atoms with E-state index >= 15 is 0 Å². The second kappa shape index (κ2) is 4.06. The molecule has 4 nitrogen and oxygen atoms in total. The topological polar surface area (TPSA) is 59.4 Å². The molecular weight excluding hydrogens is 202 g/mol. The van der Waals surface area contributed by atoms with E-state index in [1.165, 1.54) is 11.3 Å². The minimum Gasteiger partial charge on any atom is -0.481 e. The van der Waals surface area contributed by atoms with Crippen molar-refractivity contribution in [2.75, 3.05) is 13.2 Å². The van der Waals surface area contributed by atoms with Crippen LogP contribution in [-0.4, -0.2) is 29.3 Å². The van der Waals surface area contributed by atoms with Crippen LogP contribution in [0.4, 0.5) is 0 Å². The maximum atomic E-state index is 10.5. The number of carboxylic acid groups (broad SMARTS) is 1. The molecule has 14 heavy (non-hydrogen) atoms. The van der Waals surface area contributed by atoms with Gasteiger partial charge in [0.2, 0.25) is 0 Å². The van der Waals surface area contributed by atoms with Crippen LogP contribution in [0.25, 0.3) is 0 Å². The van der Waals surface area contributed by atoms with E-state index in [-0.39, 0.29) is 6.42 Å². The number of thiazole rings is 1. The Kier molecular flexibility index (Phi) is 2.79. The summed E-state index contributed by atoms with van der Waals surface area (Å²) in [4.78, 5) is 15.5.